The van der Waals surface area contributed by atoms with Gasteiger partial charge in [0.05, 0.1) is 22.9 Å². The first kappa shape index (κ1) is 24.2. The summed E-state index contributed by atoms with van der Waals surface area (Å²) in [5, 5.41) is 6.44. The van der Waals surface area contributed by atoms with E-state index in [1.807, 2.05) is 0 Å². The molecule has 3 heterocycles. The quantitative estimate of drug-likeness (QED) is 0.334. The lowest BCUT2D eigenvalue weighted by Crippen LogP contribution is -2.30. The smallest absolute Gasteiger partial charge is 0.179 e. The second kappa shape index (κ2) is 9.01. The summed E-state index contributed by atoms with van der Waals surface area (Å²) in [6.45, 7) is 11.1. The van der Waals surface area contributed by atoms with Gasteiger partial charge in [-0.1, -0.05) is 67.9 Å². The van der Waals surface area contributed by atoms with Crippen molar-refractivity contribution in [3.8, 4) is 0 Å². The Morgan fingerprint density at radius 3 is 2.30 bits per heavy atom. The van der Waals surface area contributed by atoms with Gasteiger partial charge in [-0.05, 0) is 62.1 Å². The van der Waals surface area contributed by atoms with Gasteiger partial charge in [-0.15, -0.1) is 0 Å². The van der Waals surface area contributed by atoms with Gasteiger partial charge in [0.25, 0.3) is 0 Å². The number of nitrogens with zero attached hydrogens (tertiary/aromatic N) is 5. The van der Waals surface area contributed by atoms with Crippen LogP contribution < -0.4 is 9.68 Å². The summed E-state index contributed by atoms with van der Waals surface area (Å²) in [7, 11) is -0.275. The first-order chi connectivity index (χ1) is 17.8. The molecule has 6 rings (SSSR count). The zero-order valence-electron chi connectivity index (χ0n) is 22.5. The highest BCUT2D eigenvalue weighted by Crippen LogP contribution is 2.71. The van der Waals surface area contributed by atoms with Crippen LogP contribution in [0.5, 0.6) is 0 Å². The minimum Gasteiger partial charge on any atom is -0.346 e. The third kappa shape index (κ3) is 3.71. The van der Waals surface area contributed by atoms with Gasteiger partial charge in [-0.2, -0.15) is 5.10 Å². The van der Waals surface area contributed by atoms with Gasteiger partial charge in [-0.3, -0.25) is 0 Å². The van der Waals surface area contributed by atoms with Crippen LogP contribution in [0.3, 0.4) is 0 Å². The molecule has 0 bridgehead atoms. The summed E-state index contributed by atoms with van der Waals surface area (Å²) in [4.78, 5) is 2.40. The number of aryl methyl sites for hydroxylation is 2. The van der Waals surface area contributed by atoms with Gasteiger partial charge in [0, 0.05) is 36.9 Å². The molecule has 0 aliphatic carbocycles. The fourth-order valence-electron chi connectivity index (χ4n) is 6.29. The van der Waals surface area contributed by atoms with Crippen LogP contribution in [0.25, 0.3) is 0 Å². The Labute approximate surface area is 221 Å². The Balaban J connectivity index is 1.70. The Bertz CT molecular complexity index is 1460. The highest BCUT2D eigenvalue weighted by atomic mass is 31.2. The molecule has 0 saturated carbocycles. The predicted octanol–water partition coefficient (Wildman–Crippen LogP) is 8.21. The number of benzene rings is 3. The number of hydrogen-bond acceptors (Lipinski definition) is 3. The van der Waals surface area contributed by atoms with Gasteiger partial charge in [0.2, 0.25) is 0 Å². The Morgan fingerprint density at radius 1 is 0.892 bits per heavy atom. The molecule has 0 unspecified atom stereocenters. The first-order valence-corrected chi connectivity index (χ1v) is 14.9. The van der Waals surface area contributed by atoms with Crippen LogP contribution in [0, 0.1) is 13.8 Å². The molecule has 190 valence electrons. The molecule has 1 saturated heterocycles. The van der Waals surface area contributed by atoms with Crippen LogP contribution in [-0.4, -0.2) is 31.0 Å². The predicted molar refractivity (Wildman–Crippen MR) is 158 cm³/mol. The number of likely N-dealkylation sites (N-methyl/N-ethyl adjacent to an activating group) is 1. The van der Waals surface area contributed by atoms with E-state index in [4.69, 9.17) is 9.85 Å². The normalized spacial score (nSPS) is 24.7. The lowest BCUT2D eigenvalue weighted by molar-refractivity contribution is 0.558. The third-order valence-electron chi connectivity index (χ3n) is 8.05. The van der Waals surface area contributed by atoms with Gasteiger partial charge < -0.3 is 4.90 Å². The summed E-state index contributed by atoms with van der Waals surface area (Å²) in [5.74, 6) is 0. The van der Waals surface area contributed by atoms with Crippen LogP contribution in [0.4, 0.5) is 17.1 Å². The van der Waals surface area contributed by atoms with Crippen molar-refractivity contribution in [3.63, 3.8) is 0 Å². The van der Waals surface area contributed by atoms with Gasteiger partial charge in [0.1, 0.15) is 0 Å². The summed E-state index contributed by atoms with van der Waals surface area (Å²) >= 11 is 0. The highest BCUT2D eigenvalue weighted by molar-refractivity contribution is 7.71. The molecule has 37 heavy (non-hydrogen) atoms. The number of anilines is 2. The van der Waals surface area contributed by atoms with E-state index in [9.17, 15) is 0 Å². The molecule has 0 N–H and O–H groups in total. The van der Waals surface area contributed by atoms with Gasteiger partial charge >= 0.3 is 0 Å². The van der Waals surface area contributed by atoms with Crippen LogP contribution in [0.2, 0.25) is 0 Å². The molecule has 3 aromatic rings. The number of hydrogen-bond donors (Lipinski definition) is 0. The number of para-hydroxylation sites is 2. The van der Waals surface area contributed by atoms with E-state index in [2.05, 4.69) is 128 Å². The molecule has 0 aromatic heterocycles. The summed E-state index contributed by atoms with van der Waals surface area (Å²) in [6, 6.07) is 26.1. The third-order valence-corrected chi connectivity index (χ3v) is 11.6. The summed E-state index contributed by atoms with van der Waals surface area (Å²) < 4.78 is 10.7. The molecular formula is C31H36N5P. The molecule has 5 nitrogen and oxygen atoms in total. The molecule has 6 heteroatoms. The van der Waals surface area contributed by atoms with E-state index in [1.54, 1.807) is 0 Å². The molecule has 0 spiro atoms. The Morgan fingerprint density at radius 2 is 1.59 bits per heavy atom. The van der Waals surface area contributed by atoms with E-state index in [0.29, 0.717) is 0 Å². The van der Waals surface area contributed by atoms with E-state index in [1.165, 1.54) is 46.2 Å². The SMILES string of the molecule is Cc1ccc(N=[P@@]2(N3CCCC3)/C(=C3\N(C)c4ccccc4C3(C)C)C=NN2c2ccccc2)c(C)c1. The van der Waals surface area contributed by atoms with Crippen molar-refractivity contribution < 1.29 is 0 Å². The fraction of sp³-hybridized carbons (Fsp3) is 0.323. The number of fused-ring (bicyclic) bond motifs is 1. The maximum atomic E-state index is 5.81. The second-order valence-electron chi connectivity index (χ2n) is 10.9. The van der Waals surface area contributed by atoms with Gasteiger partial charge in [-0.25, -0.2) is 14.2 Å². The van der Waals surface area contributed by atoms with E-state index < -0.39 is 7.36 Å². The minimum atomic E-state index is -2.49. The van der Waals surface area contributed by atoms with E-state index in [0.717, 1.165) is 24.5 Å². The van der Waals surface area contributed by atoms with Crippen LogP contribution >= 0.6 is 7.36 Å². The number of rotatable bonds is 3. The van der Waals surface area contributed by atoms with Crippen LogP contribution in [0.1, 0.15) is 43.4 Å². The molecule has 1 fully saturated rings. The number of allylic oxidation sites excluding steroid dienone is 2. The lowest BCUT2D eigenvalue weighted by Gasteiger charge is -2.40. The van der Waals surface area contributed by atoms with Crippen molar-refractivity contribution in [3.05, 3.63) is 100 Å². The molecular weight excluding hydrogens is 473 g/mol. The zero-order valence-corrected chi connectivity index (χ0v) is 23.4. The van der Waals surface area contributed by atoms with Crippen molar-refractivity contribution in [1.29, 1.82) is 0 Å². The van der Waals surface area contributed by atoms with E-state index >= 15 is 0 Å². The molecule has 3 aromatic carbocycles. The first-order valence-electron chi connectivity index (χ1n) is 13.3. The van der Waals surface area contributed by atoms with Gasteiger partial charge in [0.15, 0.2) is 7.36 Å². The molecule has 0 radical (unpaired) electrons. The van der Waals surface area contributed by atoms with Crippen molar-refractivity contribution in [2.24, 2.45) is 9.85 Å². The van der Waals surface area contributed by atoms with Crippen LogP contribution in [0.15, 0.2) is 93.7 Å². The second-order valence-corrected chi connectivity index (χ2v) is 13.7. The average Bonchev–Trinajstić information content (AvgIpc) is 3.59. The van der Waals surface area contributed by atoms with Crippen molar-refractivity contribution in [2.75, 3.05) is 29.8 Å². The van der Waals surface area contributed by atoms with E-state index in [-0.39, 0.29) is 5.41 Å². The summed E-state index contributed by atoms with van der Waals surface area (Å²) in [6.07, 6.45) is 4.51. The highest BCUT2D eigenvalue weighted by Gasteiger charge is 2.50. The molecule has 1 atom stereocenters. The number of hydrazone groups is 1. The maximum Gasteiger partial charge on any atom is 0.179 e. The lowest BCUT2D eigenvalue weighted by atomic mass is 9.84. The zero-order chi connectivity index (χ0) is 25.8. The largest absolute Gasteiger partial charge is 0.346 e. The van der Waals surface area contributed by atoms with Crippen molar-refractivity contribution in [2.45, 2.75) is 46.0 Å². The Hall–Kier alpha value is -3.14. The average molecular weight is 510 g/mol. The topological polar surface area (TPSA) is 34.4 Å². The van der Waals surface area contributed by atoms with Crippen molar-refractivity contribution >= 4 is 30.6 Å². The fourth-order valence-corrected chi connectivity index (χ4v) is 10.3. The van der Waals surface area contributed by atoms with Crippen LogP contribution in [-0.2, 0) is 5.41 Å². The molecule has 3 aliphatic heterocycles. The molecule has 0 amide bonds. The maximum absolute atomic E-state index is 5.81. The minimum absolute atomic E-state index is 0.164. The monoisotopic (exact) mass is 509 g/mol. The molecule has 3 aliphatic rings. The van der Waals surface area contributed by atoms with Crippen molar-refractivity contribution in [1.82, 2.24) is 4.67 Å². The summed E-state index contributed by atoms with van der Waals surface area (Å²) in [5.41, 5.74) is 8.41. The Kier molecular flexibility index (Phi) is 5.89. The standard InChI is InChI=1S/C31H36N5P/c1-23-17-18-27(24(2)21-23)33-37(35-19-11-12-20-35)29(22-32-36(37)25-13-7-6-8-14-25)30-31(3,4)26-15-9-10-16-28(26)34(30)5/h6-10,13-18,21-22H,11-12,19-20H2,1-5H3/b30-29-/t37-/m1/s1.